The Bertz CT molecular complexity index is 370. The first-order valence-corrected chi connectivity index (χ1v) is 10.8. The fraction of sp³-hybridized carbons (Fsp3) is 0.909. The molecule has 0 heterocycles. The van der Waals surface area contributed by atoms with Crippen LogP contribution in [0, 0.1) is 5.92 Å². The van der Waals surface area contributed by atoms with Gasteiger partial charge in [0.05, 0.1) is 6.61 Å². The van der Waals surface area contributed by atoms with Crippen LogP contribution in [0.3, 0.4) is 0 Å². The van der Waals surface area contributed by atoms with E-state index < -0.39 is 0 Å². The Morgan fingerprint density at radius 2 is 1.37 bits per heavy atom. The summed E-state index contributed by atoms with van der Waals surface area (Å²) in [6.45, 7) is 7.41. The van der Waals surface area contributed by atoms with Crippen molar-refractivity contribution in [1.29, 1.82) is 0 Å². The highest BCUT2D eigenvalue weighted by Crippen LogP contribution is 2.14. The number of carbonyl (C=O) groups is 2. The Kier molecular flexibility index (Phi) is 17.5. The van der Waals surface area contributed by atoms with Crippen molar-refractivity contribution in [2.24, 2.45) is 5.92 Å². The first kappa shape index (κ1) is 25.9. The van der Waals surface area contributed by atoms with Gasteiger partial charge in [-0.2, -0.15) is 0 Å². The lowest BCUT2D eigenvalue weighted by Gasteiger charge is -2.20. The van der Waals surface area contributed by atoms with Crippen LogP contribution in [0.1, 0.15) is 97.8 Å². The minimum absolute atomic E-state index is 0.0930. The van der Waals surface area contributed by atoms with Crippen LogP contribution in [-0.2, 0) is 23.8 Å². The maximum Gasteiger partial charge on any atom is 0.306 e. The lowest BCUT2D eigenvalue weighted by Crippen LogP contribution is -2.23. The van der Waals surface area contributed by atoms with Crippen molar-refractivity contribution in [3.05, 3.63) is 0 Å². The van der Waals surface area contributed by atoms with Gasteiger partial charge in [0.1, 0.15) is 6.10 Å². The molecular formula is C22H42O5. The molecule has 0 spiro atoms. The molecular weight excluding hydrogens is 344 g/mol. The van der Waals surface area contributed by atoms with Crippen molar-refractivity contribution >= 4 is 11.9 Å². The molecule has 0 aliphatic carbocycles. The summed E-state index contributed by atoms with van der Waals surface area (Å²) in [6, 6.07) is 0. The number of unbranched alkanes of at least 4 members (excludes halogenated alkanes) is 7. The molecule has 0 aromatic carbocycles. The Balaban J connectivity index is 3.53. The first-order chi connectivity index (χ1) is 13.0. The molecule has 0 N–H and O–H groups in total. The summed E-state index contributed by atoms with van der Waals surface area (Å²) in [6.07, 6.45) is 11.1. The monoisotopic (exact) mass is 386 g/mol. The van der Waals surface area contributed by atoms with E-state index in [4.69, 9.17) is 14.2 Å². The summed E-state index contributed by atoms with van der Waals surface area (Å²) in [5.41, 5.74) is 0. The number of methoxy groups -OCH3 is 1. The van der Waals surface area contributed by atoms with Crippen LogP contribution in [0.4, 0.5) is 0 Å². The van der Waals surface area contributed by atoms with Gasteiger partial charge in [-0.05, 0) is 38.5 Å². The third kappa shape index (κ3) is 16.8. The van der Waals surface area contributed by atoms with Gasteiger partial charge in [-0.25, -0.2) is 0 Å². The van der Waals surface area contributed by atoms with Gasteiger partial charge in [0.15, 0.2) is 0 Å². The largest absolute Gasteiger partial charge is 0.466 e. The van der Waals surface area contributed by atoms with Crippen LogP contribution in [0.25, 0.3) is 0 Å². The van der Waals surface area contributed by atoms with E-state index in [-0.39, 0.29) is 24.0 Å². The zero-order chi connectivity index (χ0) is 20.3. The predicted octanol–water partition coefficient (Wildman–Crippen LogP) is 5.44. The smallest absolute Gasteiger partial charge is 0.306 e. The molecule has 0 saturated carbocycles. The number of rotatable bonds is 18. The zero-order valence-electron chi connectivity index (χ0n) is 18.1. The maximum absolute atomic E-state index is 11.9. The van der Waals surface area contributed by atoms with Gasteiger partial charge < -0.3 is 14.2 Å². The number of hydrogen-bond acceptors (Lipinski definition) is 5. The minimum atomic E-state index is -0.155. The summed E-state index contributed by atoms with van der Waals surface area (Å²) in [5, 5.41) is 0. The summed E-state index contributed by atoms with van der Waals surface area (Å²) < 4.78 is 15.7. The van der Waals surface area contributed by atoms with E-state index in [1.807, 2.05) is 6.92 Å². The van der Waals surface area contributed by atoms with Crippen LogP contribution in [0.2, 0.25) is 0 Å². The fourth-order valence-electron chi connectivity index (χ4n) is 2.78. The summed E-state index contributed by atoms with van der Waals surface area (Å²) in [4.78, 5) is 23.5. The van der Waals surface area contributed by atoms with Gasteiger partial charge in [-0.15, -0.1) is 0 Å². The van der Waals surface area contributed by atoms with Crippen molar-refractivity contribution in [2.45, 2.75) is 104 Å². The zero-order valence-corrected chi connectivity index (χ0v) is 18.1. The molecule has 27 heavy (non-hydrogen) atoms. The highest BCUT2D eigenvalue weighted by molar-refractivity contribution is 5.70. The number of hydrogen-bond donors (Lipinski definition) is 0. The quantitative estimate of drug-likeness (QED) is 0.232. The van der Waals surface area contributed by atoms with Crippen molar-refractivity contribution in [3.63, 3.8) is 0 Å². The SMILES string of the molecule is CCCCCCCCOC(=O)CCCCCC(=O)OC(C)C(C)CCOC. The van der Waals surface area contributed by atoms with E-state index in [0.29, 0.717) is 26.1 Å². The fourth-order valence-corrected chi connectivity index (χ4v) is 2.78. The molecule has 0 saturated heterocycles. The summed E-state index contributed by atoms with van der Waals surface area (Å²) in [5.74, 6) is 0.0134. The molecule has 0 amide bonds. The molecule has 0 rings (SSSR count). The molecule has 0 aliphatic rings. The molecule has 5 heteroatoms. The maximum atomic E-state index is 11.9. The van der Waals surface area contributed by atoms with Crippen LogP contribution in [0.15, 0.2) is 0 Å². The topological polar surface area (TPSA) is 61.8 Å². The standard InChI is InChI=1S/C22H42O5/c1-5-6-7-8-9-13-17-26-21(23)14-11-10-12-15-22(24)27-20(3)19(2)16-18-25-4/h19-20H,5-18H2,1-4H3. The normalized spacial score (nSPS) is 13.2. The first-order valence-electron chi connectivity index (χ1n) is 10.8. The molecule has 0 bridgehead atoms. The minimum Gasteiger partial charge on any atom is -0.466 e. The van der Waals surface area contributed by atoms with Gasteiger partial charge in [0, 0.05) is 26.6 Å². The van der Waals surface area contributed by atoms with Crippen molar-refractivity contribution in [1.82, 2.24) is 0 Å². The van der Waals surface area contributed by atoms with Gasteiger partial charge in [0.2, 0.25) is 0 Å². The van der Waals surface area contributed by atoms with Crippen molar-refractivity contribution in [3.8, 4) is 0 Å². The summed E-state index contributed by atoms with van der Waals surface area (Å²) >= 11 is 0. The molecule has 160 valence electrons. The van der Waals surface area contributed by atoms with Crippen molar-refractivity contribution in [2.75, 3.05) is 20.3 Å². The summed E-state index contributed by atoms with van der Waals surface area (Å²) in [7, 11) is 1.67. The number of esters is 2. The van der Waals surface area contributed by atoms with Crippen molar-refractivity contribution < 1.29 is 23.8 Å². The highest BCUT2D eigenvalue weighted by atomic mass is 16.5. The third-order valence-corrected chi connectivity index (χ3v) is 4.92. The third-order valence-electron chi connectivity index (χ3n) is 4.92. The average molecular weight is 387 g/mol. The van der Waals surface area contributed by atoms with E-state index in [0.717, 1.165) is 38.5 Å². The van der Waals surface area contributed by atoms with E-state index in [1.165, 1.54) is 25.7 Å². The Morgan fingerprint density at radius 3 is 2.04 bits per heavy atom. The van der Waals surface area contributed by atoms with Gasteiger partial charge in [-0.3, -0.25) is 9.59 Å². The Labute approximate surface area is 166 Å². The second-order valence-corrected chi connectivity index (χ2v) is 7.50. The number of ether oxygens (including phenoxy) is 3. The van der Waals surface area contributed by atoms with E-state index in [9.17, 15) is 9.59 Å². The van der Waals surface area contributed by atoms with Crippen LogP contribution < -0.4 is 0 Å². The van der Waals surface area contributed by atoms with Gasteiger partial charge >= 0.3 is 11.9 Å². The molecule has 2 unspecified atom stereocenters. The van der Waals surface area contributed by atoms with E-state index in [1.54, 1.807) is 7.11 Å². The van der Waals surface area contributed by atoms with E-state index in [2.05, 4.69) is 13.8 Å². The molecule has 0 aliphatic heterocycles. The molecule has 0 fully saturated rings. The van der Waals surface area contributed by atoms with Crippen LogP contribution in [0.5, 0.6) is 0 Å². The predicted molar refractivity (Wildman–Crippen MR) is 109 cm³/mol. The molecule has 2 atom stereocenters. The highest BCUT2D eigenvalue weighted by Gasteiger charge is 2.16. The van der Waals surface area contributed by atoms with Gasteiger partial charge in [0.25, 0.3) is 0 Å². The molecule has 0 aromatic heterocycles. The molecule has 0 aromatic rings. The molecule has 0 radical (unpaired) electrons. The van der Waals surface area contributed by atoms with Crippen LogP contribution >= 0.6 is 0 Å². The Hall–Kier alpha value is -1.10. The number of carbonyl (C=O) groups excluding carboxylic acids is 2. The molecule has 5 nitrogen and oxygen atoms in total. The second-order valence-electron chi connectivity index (χ2n) is 7.50. The van der Waals surface area contributed by atoms with Gasteiger partial charge in [-0.1, -0.05) is 52.4 Å². The van der Waals surface area contributed by atoms with Crippen LogP contribution in [-0.4, -0.2) is 38.4 Å². The Morgan fingerprint density at radius 1 is 0.778 bits per heavy atom. The lowest BCUT2D eigenvalue weighted by atomic mass is 10.0. The lowest BCUT2D eigenvalue weighted by molar-refractivity contribution is -0.151. The average Bonchev–Trinajstić information content (AvgIpc) is 2.64. The van der Waals surface area contributed by atoms with E-state index >= 15 is 0 Å². The second kappa shape index (κ2) is 18.3.